The molecular weight excluding hydrogens is 191 g/mol. The van der Waals surface area contributed by atoms with Gasteiger partial charge in [0.25, 0.3) is 0 Å². The van der Waals surface area contributed by atoms with E-state index in [1.165, 1.54) is 18.2 Å². The van der Waals surface area contributed by atoms with Crippen molar-refractivity contribution in [2.75, 3.05) is 0 Å². The van der Waals surface area contributed by atoms with Crippen molar-refractivity contribution in [2.24, 2.45) is 0 Å². The highest BCUT2D eigenvalue weighted by molar-refractivity contribution is 7.60. The zero-order chi connectivity index (χ0) is 10.1. The predicted octanol–water partition coefficient (Wildman–Crippen LogP) is 0.758. The van der Waals surface area contributed by atoms with Gasteiger partial charge in [0.1, 0.15) is 5.75 Å². The maximum atomic E-state index is 10.9. The number of aromatic hydroxyl groups is 1. The molecule has 0 spiro atoms. The molecule has 3 N–H and O–H groups in total. The second-order valence-electron chi connectivity index (χ2n) is 2.71. The summed E-state index contributed by atoms with van der Waals surface area (Å²) in [5.41, 5.74) is 0.480. The Balaban J connectivity index is 3.30. The van der Waals surface area contributed by atoms with Gasteiger partial charge in [-0.1, -0.05) is 6.92 Å². The predicted molar refractivity (Wildman–Crippen MR) is 49.2 cm³/mol. The first-order valence-corrected chi connectivity index (χ1v) is 5.44. The molecule has 0 bridgehead atoms. The molecular formula is C8H11O4P. The molecule has 5 heteroatoms. The zero-order valence-corrected chi connectivity index (χ0v) is 8.03. The summed E-state index contributed by atoms with van der Waals surface area (Å²) in [5.74, 6) is 0.0223. The van der Waals surface area contributed by atoms with Crippen LogP contribution in [0.3, 0.4) is 0 Å². The van der Waals surface area contributed by atoms with Crippen LogP contribution in [0.15, 0.2) is 18.2 Å². The molecule has 0 aliphatic heterocycles. The Labute approximate surface area is 76.0 Å². The molecule has 4 nitrogen and oxygen atoms in total. The van der Waals surface area contributed by atoms with Crippen molar-refractivity contribution in [3.05, 3.63) is 23.8 Å². The van der Waals surface area contributed by atoms with E-state index in [1.54, 1.807) is 6.92 Å². The summed E-state index contributed by atoms with van der Waals surface area (Å²) in [5, 5.41) is 9.07. The third-order valence-corrected chi connectivity index (χ3v) is 2.82. The molecule has 0 saturated heterocycles. The van der Waals surface area contributed by atoms with Gasteiger partial charge in [-0.05, 0) is 30.2 Å². The molecule has 0 amide bonds. The van der Waals surface area contributed by atoms with E-state index < -0.39 is 7.60 Å². The van der Waals surface area contributed by atoms with Crippen LogP contribution in [0.1, 0.15) is 12.5 Å². The van der Waals surface area contributed by atoms with E-state index in [0.717, 1.165) is 0 Å². The van der Waals surface area contributed by atoms with Gasteiger partial charge in [-0.2, -0.15) is 0 Å². The van der Waals surface area contributed by atoms with Gasteiger partial charge in [0.15, 0.2) is 0 Å². The fourth-order valence-corrected chi connectivity index (χ4v) is 2.00. The lowest BCUT2D eigenvalue weighted by Crippen LogP contribution is -2.09. The van der Waals surface area contributed by atoms with E-state index in [0.29, 0.717) is 12.0 Å². The van der Waals surface area contributed by atoms with E-state index in [4.69, 9.17) is 14.9 Å². The second-order valence-corrected chi connectivity index (χ2v) is 4.28. The minimum Gasteiger partial charge on any atom is -0.508 e. The van der Waals surface area contributed by atoms with Gasteiger partial charge in [-0.3, -0.25) is 4.57 Å². The Morgan fingerprint density at radius 2 is 2.00 bits per heavy atom. The van der Waals surface area contributed by atoms with E-state index in [2.05, 4.69) is 0 Å². The van der Waals surface area contributed by atoms with E-state index in [1.807, 2.05) is 0 Å². The summed E-state index contributed by atoms with van der Waals surface area (Å²) < 4.78 is 10.9. The average molecular weight is 202 g/mol. The van der Waals surface area contributed by atoms with Gasteiger partial charge < -0.3 is 14.9 Å². The number of phenols is 1. The maximum Gasteiger partial charge on any atom is 0.356 e. The molecule has 0 heterocycles. The summed E-state index contributed by atoms with van der Waals surface area (Å²) in [6.45, 7) is 1.77. The topological polar surface area (TPSA) is 77.8 Å². The third kappa shape index (κ3) is 2.31. The molecule has 0 fully saturated rings. The Hall–Kier alpha value is -0.830. The smallest absolute Gasteiger partial charge is 0.356 e. The quantitative estimate of drug-likeness (QED) is 0.618. The molecule has 0 aliphatic carbocycles. The minimum absolute atomic E-state index is 0.00667. The summed E-state index contributed by atoms with van der Waals surface area (Å²) in [7, 11) is -4.20. The average Bonchev–Trinajstić information content (AvgIpc) is 2.01. The lowest BCUT2D eigenvalue weighted by atomic mass is 10.2. The fraction of sp³-hybridized carbons (Fsp3) is 0.250. The number of hydrogen-bond acceptors (Lipinski definition) is 2. The van der Waals surface area contributed by atoms with Crippen LogP contribution in [0.25, 0.3) is 0 Å². The highest BCUT2D eigenvalue weighted by atomic mass is 31.2. The summed E-state index contributed by atoms with van der Waals surface area (Å²) in [4.78, 5) is 17.8. The van der Waals surface area contributed by atoms with Crippen LogP contribution in [-0.4, -0.2) is 14.9 Å². The van der Waals surface area contributed by atoms with Crippen molar-refractivity contribution in [3.63, 3.8) is 0 Å². The van der Waals surface area contributed by atoms with Gasteiger partial charge in [-0.15, -0.1) is 0 Å². The first-order valence-electron chi connectivity index (χ1n) is 3.83. The van der Waals surface area contributed by atoms with Crippen LogP contribution in [0, 0.1) is 0 Å². The van der Waals surface area contributed by atoms with Gasteiger partial charge in [-0.25, -0.2) is 0 Å². The van der Waals surface area contributed by atoms with Crippen molar-refractivity contribution >= 4 is 12.9 Å². The molecule has 0 aliphatic rings. The summed E-state index contributed by atoms with van der Waals surface area (Å²) in [6.07, 6.45) is 0.481. The fourth-order valence-electron chi connectivity index (χ4n) is 1.14. The molecule has 0 unspecified atom stereocenters. The Morgan fingerprint density at radius 3 is 2.46 bits per heavy atom. The number of phenolic OH excluding ortho intramolecular Hbond substituents is 1. The first kappa shape index (κ1) is 10.3. The van der Waals surface area contributed by atoms with Crippen LogP contribution in [0.4, 0.5) is 0 Å². The maximum absolute atomic E-state index is 10.9. The molecule has 0 aromatic heterocycles. The van der Waals surface area contributed by atoms with Crippen molar-refractivity contribution in [3.8, 4) is 5.75 Å². The summed E-state index contributed by atoms with van der Waals surface area (Å²) in [6, 6.07) is 3.90. The standard InChI is InChI=1S/C8H11O4P/c1-2-6-5-7(9)3-4-8(6)13(10,11)12/h3-5,9H,2H2,1H3,(H2,10,11,12). The second kappa shape index (κ2) is 3.50. The molecule has 0 radical (unpaired) electrons. The highest BCUT2D eigenvalue weighted by Gasteiger charge is 2.20. The SMILES string of the molecule is CCc1cc(O)ccc1P(=O)(O)O. The summed E-state index contributed by atoms with van der Waals surface area (Å²) >= 11 is 0. The monoisotopic (exact) mass is 202 g/mol. The molecule has 13 heavy (non-hydrogen) atoms. The lowest BCUT2D eigenvalue weighted by Gasteiger charge is -2.09. The molecule has 1 aromatic rings. The lowest BCUT2D eigenvalue weighted by molar-refractivity contribution is 0.387. The number of benzene rings is 1. The first-order chi connectivity index (χ1) is 5.95. The largest absolute Gasteiger partial charge is 0.508 e. The van der Waals surface area contributed by atoms with Crippen molar-refractivity contribution in [2.45, 2.75) is 13.3 Å². The Bertz CT molecular complexity index is 355. The number of hydrogen-bond donors (Lipinski definition) is 3. The third-order valence-electron chi connectivity index (χ3n) is 1.76. The molecule has 1 aromatic carbocycles. The Morgan fingerprint density at radius 1 is 1.38 bits per heavy atom. The van der Waals surface area contributed by atoms with Crippen molar-refractivity contribution in [1.82, 2.24) is 0 Å². The van der Waals surface area contributed by atoms with E-state index in [-0.39, 0.29) is 11.1 Å². The van der Waals surface area contributed by atoms with Crippen LogP contribution in [0.5, 0.6) is 5.75 Å². The minimum atomic E-state index is -4.20. The molecule has 72 valence electrons. The molecule has 0 saturated carbocycles. The van der Waals surface area contributed by atoms with Gasteiger partial charge in [0, 0.05) is 0 Å². The van der Waals surface area contributed by atoms with Crippen molar-refractivity contribution < 1.29 is 19.5 Å². The highest BCUT2D eigenvalue weighted by Crippen LogP contribution is 2.35. The van der Waals surface area contributed by atoms with Crippen LogP contribution >= 0.6 is 7.60 Å². The zero-order valence-electron chi connectivity index (χ0n) is 7.14. The Kier molecular flexibility index (Phi) is 2.76. The van der Waals surface area contributed by atoms with Crippen LogP contribution in [-0.2, 0) is 11.0 Å². The molecule has 0 atom stereocenters. The normalized spacial score (nSPS) is 11.6. The van der Waals surface area contributed by atoms with Gasteiger partial charge in [0.05, 0.1) is 5.30 Å². The number of rotatable bonds is 2. The van der Waals surface area contributed by atoms with E-state index in [9.17, 15) is 4.57 Å². The molecule has 1 rings (SSSR count). The van der Waals surface area contributed by atoms with Crippen molar-refractivity contribution in [1.29, 1.82) is 0 Å². The van der Waals surface area contributed by atoms with E-state index >= 15 is 0 Å². The van der Waals surface area contributed by atoms with Gasteiger partial charge >= 0.3 is 7.60 Å². The van der Waals surface area contributed by atoms with Crippen LogP contribution < -0.4 is 5.30 Å². The van der Waals surface area contributed by atoms with Gasteiger partial charge in [0.2, 0.25) is 0 Å². The van der Waals surface area contributed by atoms with Crippen LogP contribution in [0.2, 0.25) is 0 Å². The number of aryl methyl sites for hydroxylation is 1.